The van der Waals surface area contributed by atoms with Gasteiger partial charge in [-0.25, -0.2) is 4.99 Å². The lowest BCUT2D eigenvalue weighted by Gasteiger charge is -2.12. The van der Waals surface area contributed by atoms with Crippen molar-refractivity contribution in [1.29, 1.82) is 0 Å². The normalized spacial score (nSPS) is 11.4. The SMILES string of the molecule is CCNC(=NCc1ccc(C)cc1OC)NCCCCCOC. The smallest absolute Gasteiger partial charge is 0.191 e. The predicted molar refractivity (Wildman–Crippen MR) is 96.3 cm³/mol. The molecule has 0 aliphatic carbocycles. The van der Waals surface area contributed by atoms with Crippen LogP contribution in [0.1, 0.15) is 37.3 Å². The molecule has 23 heavy (non-hydrogen) atoms. The summed E-state index contributed by atoms with van der Waals surface area (Å²) >= 11 is 0. The second kappa shape index (κ2) is 11.8. The fourth-order valence-corrected chi connectivity index (χ4v) is 2.24. The molecule has 0 fully saturated rings. The summed E-state index contributed by atoms with van der Waals surface area (Å²) in [4.78, 5) is 4.65. The maximum absolute atomic E-state index is 5.43. The van der Waals surface area contributed by atoms with E-state index in [4.69, 9.17) is 9.47 Å². The van der Waals surface area contributed by atoms with Gasteiger partial charge in [-0.05, 0) is 44.7 Å². The second-order valence-electron chi connectivity index (χ2n) is 5.49. The fourth-order valence-electron chi connectivity index (χ4n) is 2.24. The van der Waals surface area contributed by atoms with Gasteiger partial charge < -0.3 is 20.1 Å². The van der Waals surface area contributed by atoms with Crippen molar-refractivity contribution in [2.45, 2.75) is 39.7 Å². The molecule has 0 unspecified atom stereocenters. The molecule has 0 atom stereocenters. The van der Waals surface area contributed by atoms with Gasteiger partial charge in [-0.15, -0.1) is 0 Å². The number of guanidine groups is 1. The molecule has 0 saturated carbocycles. The first-order chi connectivity index (χ1) is 11.2. The Balaban J connectivity index is 2.51. The van der Waals surface area contributed by atoms with E-state index in [9.17, 15) is 0 Å². The van der Waals surface area contributed by atoms with Crippen LogP contribution in [0.5, 0.6) is 5.75 Å². The number of rotatable bonds is 10. The van der Waals surface area contributed by atoms with Crippen molar-refractivity contribution in [3.8, 4) is 5.75 Å². The van der Waals surface area contributed by atoms with E-state index in [0.717, 1.165) is 56.2 Å². The van der Waals surface area contributed by atoms with Gasteiger partial charge in [0, 0.05) is 32.4 Å². The van der Waals surface area contributed by atoms with Gasteiger partial charge >= 0.3 is 0 Å². The van der Waals surface area contributed by atoms with Crippen LogP contribution in [0.25, 0.3) is 0 Å². The molecule has 0 amide bonds. The average Bonchev–Trinajstić information content (AvgIpc) is 2.56. The average molecular weight is 321 g/mol. The minimum atomic E-state index is 0.600. The van der Waals surface area contributed by atoms with E-state index in [1.54, 1.807) is 14.2 Å². The minimum absolute atomic E-state index is 0.600. The molecule has 0 saturated heterocycles. The predicted octanol–water partition coefficient (Wildman–Crippen LogP) is 2.88. The molecule has 0 spiro atoms. The minimum Gasteiger partial charge on any atom is -0.496 e. The van der Waals surface area contributed by atoms with E-state index in [1.807, 2.05) is 6.07 Å². The summed E-state index contributed by atoms with van der Waals surface area (Å²) < 4.78 is 10.5. The van der Waals surface area contributed by atoms with Gasteiger partial charge in [0.1, 0.15) is 5.75 Å². The maximum atomic E-state index is 5.43. The largest absolute Gasteiger partial charge is 0.496 e. The van der Waals surface area contributed by atoms with E-state index >= 15 is 0 Å². The highest BCUT2D eigenvalue weighted by Gasteiger charge is 2.03. The van der Waals surface area contributed by atoms with E-state index in [1.165, 1.54) is 5.56 Å². The van der Waals surface area contributed by atoms with Crippen molar-refractivity contribution in [3.63, 3.8) is 0 Å². The third-order valence-corrected chi connectivity index (χ3v) is 3.51. The summed E-state index contributed by atoms with van der Waals surface area (Å²) in [5.74, 6) is 1.74. The number of nitrogens with one attached hydrogen (secondary N) is 2. The van der Waals surface area contributed by atoms with E-state index < -0.39 is 0 Å². The van der Waals surface area contributed by atoms with Crippen molar-refractivity contribution >= 4 is 5.96 Å². The van der Waals surface area contributed by atoms with Gasteiger partial charge in [0.05, 0.1) is 13.7 Å². The van der Waals surface area contributed by atoms with Crippen LogP contribution >= 0.6 is 0 Å². The van der Waals surface area contributed by atoms with Crippen LogP contribution in [0.2, 0.25) is 0 Å². The Hall–Kier alpha value is -1.75. The maximum Gasteiger partial charge on any atom is 0.191 e. The molecule has 2 N–H and O–H groups in total. The number of nitrogens with zero attached hydrogens (tertiary/aromatic N) is 1. The molecule has 0 aliphatic heterocycles. The number of unbranched alkanes of at least 4 members (excludes halogenated alkanes) is 2. The Morgan fingerprint density at radius 1 is 1.13 bits per heavy atom. The van der Waals surface area contributed by atoms with E-state index in [2.05, 4.69) is 41.6 Å². The first-order valence-corrected chi connectivity index (χ1v) is 8.35. The molecule has 5 heteroatoms. The Labute approximate surface area is 140 Å². The summed E-state index contributed by atoms with van der Waals surface area (Å²) in [7, 11) is 3.44. The molecule has 5 nitrogen and oxygen atoms in total. The summed E-state index contributed by atoms with van der Waals surface area (Å²) in [5, 5.41) is 6.65. The molecule has 1 aromatic rings. The zero-order valence-electron chi connectivity index (χ0n) is 14.9. The number of benzene rings is 1. The molecule has 0 aliphatic rings. The van der Waals surface area contributed by atoms with Crippen LogP contribution in [-0.2, 0) is 11.3 Å². The van der Waals surface area contributed by atoms with Crippen LogP contribution in [-0.4, -0.2) is 39.9 Å². The topological polar surface area (TPSA) is 54.9 Å². The number of aryl methyl sites for hydroxylation is 1. The van der Waals surface area contributed by atoms with Gasteiger partial charge in [0.15, 0.2) is 5.96 Å². The highest BCUT2D eigenvalue weighted by molar-refractivity contribution is 5.79. The van der Waals surface area contributed by atoms with Crippen LogP contribution in [0.4, 0.5) is 0 Å². The Morgan fingerprint density at radius 3 is 2.65 bits per heavy atom. The van der Waals surface area contributed by atoms with Gasteiger partial charge in [-0.1, -0.05) is 12.1 Å². The standard InChI is InChI=1S/C18H31N3O2/c1-5-19-18(20-11-7-6-8-12-22-3)21-14-16-10-9-15(2)13-17(16)23-4/h9-10,13H,5-8,11-12,14H2,1-4H3,(H2,19,20,21). The quantitative estimate of drug-likeness (QED) is 0.395. The van der Waals surface area contributed by atoms with Gasteiger partial charge in [0.25, 0.3) is 0 Å². The zero-order chi connectivity index (χ0) is 16.9. The molecule has 0 heterocycles. The molecular weight excluding hydrogens is 290 g/mol. The molecule has 0 bridgehead atoms. The zero-order valence-corrected chi connectivity index (χ0v) is 14.9. The van der Waals surface area contributed by atoms with E-state index in [-0.39, 0.29) is 0 Å². The summed E-state index contributed by atoms with van der Waals surface area (Å²) in [5.41, 5.74) is 2.28. The van der Waals surface area contributed by atoms with Crippen molar-refractivity contribution in [2.75, 3.05) is 33.9 Å². The molecule has 1 rings (SSSR count). The lowest BCUT2D eigenvalue weighted by molar-refractivity contribution is 0.192. The fraction of sp³-hybridized carbons (Fsp3) is 0.611. The van der Waals surface area contributed by atoms with E-state index in [0.29, 0.717) is 6.54 Å². The van der Waals surface area contributed by atoms with Crippen molar-refractivity contribution in [1.82, 2.24) is 10.6 Å². The summed E-state index contributed by atoms with van der Waals surface area (Å²) in [6.45, 7) is 7.33. The number of hydrogen-bond donors (Lipinski definition) is 2. The Kier molecular flexibility index (Phi) is 9.87. The lowest BCUT2D eigenvalue weighted by Crippen LogP contribution is -2.37. The third kappa shape index (κ3) is 7.88. The van der Waals surface area contributed by atoms with Crippen LogP contribution in [0, 0.1) is 6.92 Å². The van der Waals surface area contributed by atoms with Gasteiger partial charge in [-0.2, -0.15) is 0 Å². The Bertz CT molecular complexity index is 475. The first-order valence-electron chi connectivity index (χ1n) is 8.35. The second-order valence-corrected chi connectivity index (χ2v) is 5.49. The van der Waals surface area contributed by atoms with Crippen molar-refractivity contribution in [2.24, 2.45) is 4.99 Å². The Morgan fingerprint density at radius 2 is 1.96 bits per heavy atom. The number of hydrogen-bond acceptors (Lipinski definition) is 3. The van der Waals surface area contributed by atoms with Crippen LogP contribution < -0.4 is 15.4 Å². The molecule has 130 valence electrons. The highest BCUT2D eigenvalue weighted by Crippen LogP contribution is 2.20. The molecule has 1 aromatic carbocycles. The molecule has 0 radical (unpaired) electrons. The third-order valence-electron chi connectivity index (χ3n) is 3.51. The van der Waals surface area contributed by atoms with Crippen molar-refractivity contribution < 1.29 is 9.47 Å². The number of methoxy groups -OCH3 is 2. The highest BCUT2D eigenvalue weighted by atomic mass is 16.5. The van der Waals surface area contributed by atoms with Crippen LogP contribution in [0.15, 0.2) is 23.2 Å². The first kappa shape index (κ1) is 19.3. The van der Waals surface area contributed by atoms with Crippen molar-refractivity contribution in [3.05, 3.63) is 29.3 Å². The lowest BCUT2D eigenvalue weighted by atomic mass is 10.1. The van der Waals surface area contributed by atoms with Gasteiger partial charge in [0.2, 0.25) is 0 Å². The number of ether oxygens (including phenoxy) is 2. The van der Waals surface area contributed by atoms with Crippen LogP contribution in [0.3, 0.4) is 0 Å². The monoisotopic (exact) mass is 321 g/mol. The van der Waals surface area contributed by atoms with Gasteiger partial charge in [-0.3, -0.25) is 0 Å². The summed E-state index contributed by atoms with van der Waals surface area (Å²) in [6.07, 6.45) is 3.38. The molecule has 0 aromatic heterocycles. The summed E-state index contributed by atoms with van der Waals surface area (Å²) in [6, 6.07) is 6.20. The molecular formula is C18H31N3O2. The number of aliphatic imine (C=N–C) groups is 1.